The van der Waals surface area contributed by atoms with Gasteiger partial charge in [0.2, 0.25) is 0 Å². The van der Waals surface area contributed by atoms with E-state index >= 15 is 0 Å². The predicted molar refractivity (Wildman–Crippen MR) is 65.6 cm³/mol. The average molecular weight is 286 g/mol. The van der Waals surface area contributed by atoms with E-state index in [2.05, 4.69) is 0 Å². The van der Waals surface area contributed by atoms with Crippen molar-refractivity contribution in [1.82, 2.24) is 0 Å². The van der Waals surface area contributed by atoms with Crippen molar-refractivity contribution in [3.8, 4) is 0 Å². The molecule has 2 heterocycles. The van der Waals surface area contributed by atoms with Crippen LogP contribution in [-0.2, 0) is 15.6 Å². The maximum absolute atomic E-state index is 12.0. The lowest BCUT2D eigenvalue weighted by Crippen LogP contribution is -2.02. The number of aromatic carboxylic acids is 1. The Balaban J connectivity index is 2.30. The molecule has 0 unspecified atom stereocenters. The number of aryl methyl sites for hydroxylation is 1. The fraction of sp³-hybridized carbons (Fsp3) is 0.182. The van der Waals surface area contributed by atoms with Crippen molar-refractivity contribution in [1.29, 1.82) is 0 Å². The van der Waals surface area contributed by atoms with E-state index in [0.29, 0.717) is 0 Å². The van der Waals surface area contributed by atoms with E-state index in [1.165, 1.54) is 19.1 Å². The van der Waals surface area contributed by atoms with Gasteiger partial charge in [0.1, 0.15) is 27.0 Å². The zero-order chi connectivity index (χ0) is 13.3. The van der Waals surface area contributed by atoms with E-state index in [1.54, 1.807) is 11.4 Å². The highest BCUT2D eigenvalue weighted by Crippen LogP contribution is 2.23. The van der Waals surface area contributed by atoms with Crippen LogP contribution in [0.3, 0.4) is 0 Å². The first-order valence-corrected chi connectivity index (χ1v) is 7.52. The summed E-state index contributed by atoms with van der Waals surface area (Å²) in [6.07, 6.45) is 0. The third-order valence-corrected chi connectivity index (χ3v) is 5.46. The van der Waals surface area contributed by atoms with E-state index in [1.807, 2.05) is 0 Å². The highest BCUT2D eigenvalue weighted by atomic mass is 32.2. The van der Waals surface area contributed by atoms with Crippen LogP contribution < -0.4 is 0 Å². The minimum Gasteiger partial charge on any atom is -0.478 e. The fourth-order valence-corrected chi connectivity index (χ4v) is 3.85. The molecule has 0 amide bonds. The van der Waals surface area contributed by atoms with Crippen molar-refractivity contribution in [3.05, 3.63) is 40.7 Å². The van der Waals surface area contributed by atoms with E-state index in [-0.39, 0.29) is 27.0 Å². The van der Waals surface area contributed by atoms with Crippen molar-refractivity contribution < 1.29 is 22.7 Å². The van der Waals surface area contributed by atoms with Crippen LogP contribution in [0.25, 0.3) is 0 Å². The molecule has 7 heteroatoms. The Morgan fingerprint density at radius 1 is 1.50 bits per heavy atom. The minimum atomic E-state index is -3.47. The van der Waals surface area contributed by atoms with E-state index in [9.17, 15) is 13.2 Å². The summed E-state index contributed by atoms with van der Waals surface area (Å²) in [5.74, 6) is -1.12. The van der Waals surface area contributed by atoms with Gasteiger partial charge >= 0.3 is 5.97 Å². The molecule has 5 nitrogen and oxygen atoms in total. The number of thiophene rings is 1. The number of hydrogen-bond donors (Lipinski definition) is 1. The molecule has 0 aliphatic carbocycles. The topological polar surface area (TPSA) is 84.6 Å². The number of sulfone groups is 1. The minimum absolute atomic E-state index is 0.00798. The van der Waals surface area contributed by atoms with Crippen LogP contribution in [0.15, 0.2) is 32.2 Å². The van der Waals surface area contributed by atoms with Gasteiger partial charge < -0.3 is 9.52 Å². The van der Waals surface area contributed by atoms with Gasteiger partial charge in [-0.3, -0.25) is 0 Å². The number of carboxylic acid groups (broad SMARTS) is 1. The molecule has 0 atom stereocenters. The molecule has 18 heavy (non-hydrogen) atoms. The maximum Gasteiger partial charge on any atom is 0.339 e. The summed E-state index contributed by atoms with van der Waals surface area (Å²) >= 11 is 1.12. The van der Waals surface area contributed by atoms with Gasteiger partial charge in [0, 0.05) is 0 Å². The van der Waals surface area contributed by atoms with Gasteiger partial charge in [-0.25, -0.2) is 13.2 Å². The number of carbonyl (C=O) groups is 1. The molecule has 96 valence electrons. The molecule has 0 radical (unpaired) electrons. The van der Waals surface area contributed by atoms with Crippen LogP contribution in [0.1, 0.15) is 21.9 Å². The van der Waals surface area contributed by atoms with Gasteiger partial charge in [-0.2, -0.15) is 0 Å². The average Bonchev–Trinajstić information content (AvgIpc) is 2.86. The summed E-state index contributed by atoms with van der Waals surface area (Å²) in [7, 11) is -3.47. The molecular weight excluding hydrogens is 276 g/mol. The molecule has 0 bridgehead atoms. The van der Waals surface area contributed by atoms with Gasteiger partial charge in [0.25, 0.3) is 0 Å². The molecule has 2 aromatic heterocycles. The molecule has 0 aliphatic rings. The standard InChI is InChI=1S/C11H10O5S2/c1-7-9(11(12)13)5-8(16-7)6-18(14,15)10-3-2-4-17-10/h2-5H,6H2,1H3,(H,12,13). The molecule has 2 aromatic rings. The Bertz CT molecular complexity index is 664. The van der Waals surface area contributed by atoms with Crippen molar-refractivity contribution in [2.45, 2.75) is 16.9 Å². The molecule has 0 spiro atoms. The third kappa shape index (κ3) is 2.46. The number of carboxylic acids is 1. The second-order valence-electron chi connectivity index (χ2n) is 3.68. The van der Waals surface area contributed by atoms with E-state index in [4.69, 9.17) is 9.52 Å². The van der Waals surface area contributed by atoms with Gasteiger partial charge in [-0.1, -0.05) is 6.07 Å². The van der Waals surface area contributed by atoms with Crippen LogP contribution in [0.4, 0.5) is 0 Å². The van der Waals surface area contributed by atoms with Gasteiger partial charge in [-0.05, 0) is 24.4 Å². The quantitative estimate of drug-likeness (QED) is 0.932. The molecule has 1 N–H and O–H groups in total. The maximum atomic E-state index is 12.0. The molecular formula is C11H10O5S2. The number of hydrogen-bond acceptors (Lipinski definition) is 5. The normalized spacial score (nSPS) is 11.6. The Morgan fingerprint density at radius 3 is 2.72 bits per heavy atom. The van der Waals surface area contributed by atoms with Crippen LogP contribution in [0, 0.1) is 6.92 Å². The van der Waals surface area contributed by atoms with Gasteiger partial charge in [-0.15, -0.1) is 11.3 Å². The summed E-state index contributed by atoms with van der Waals surface area (Å²) in [5, 5.41) is 10.5. The Hall–Kier alpha value is -1.60. The third-order valence-electron chi connectivity index (χ3n) is 2.33. The van der Waals surface area contributed by atoms with Crippen LogP contribution in [-0.4, -0.2) is 19.5 Å². The lowest BCUT2D eigenvalue weighted by Gasteiger charge is -1.97. The molecule has 0 saturated heterocycles. The van der Waals surface area contributed by atoms with Crippen molar-refractivity contribution in [3.63, 3.8) is 0 Å². The molecule has 0 aliphatic heterocycles. The lowest BCUT2D eigenvalue weighted by atomic mass is 10.2. The van der Waals surface area contributed by atoms with Crippen LogP contribution >= 0.6 is 11.3 Å². The Kier molecular flexibility index (Phi) is 3.27. The first-order chi connectivity index (χ1) is 8.40. The largest absolute Gasteiger partial charge is 0.478 e. The van der Waals surface area contributed by atoms with Crippen LogP contribution in [0.2, 0.25) is 0 Å². The lowest BCUT2D eigenvalue weighted by molar-refractivity contribution is 0.0695. The van der Waals surface area contributed by atoms with Gasteiger partial charge in [0.05, 0.1) is 0 Å². The van der Waals surface area contributed by atoms with E-state index < -0.39 is 15.8 Å². The second-order valence-corrected chi connectivity index (χ2v) is 6.84. The molecule has 2 rings (SSSR count). The molecule has 0 saturated carbocycles. The summed E-state index contributed by atoms with van der Waals surface area (Å²) in [6.45, 7) is 1.49. The van der Waals surface area contributed by atoms with E-state index in [0.717, 1.165) is 11.3 Å². The SMILES string of the molecule is Cc1oc(CS(=O)(=O)c2cccs2)cc1C(=O)O. The fourth-order valence-electron chi connectivity index (χ4n) is 1.53. The first-order valence-electron chi connectivity index (χ1n) is 4.99. The van der Waals surface area contributed by atoms with Gasteiger partial charge in [0.15, 0.2) is 9.84 Å². The highest BCUT2D eigenvalue weighted by Gasteiger charge is 2.21. The zero-order valence-corrected chi connectivity index (χ0v) is 11.0. The second kappa shape index (κ2) is 4.58. The van der Waals surface area contributed by atoms with Crippen LogP contribution in [0.5, 0.6) is 0 Å². The summed E-state index contributed by atoms with van der Waals surface area (Å²) in [5.41, 5.74) is -0.00798. The Labute approximate surface area is 108 Å². The molecule has 0 aromatic carbocycles. The van der Waals surface area contributed by atoms with Crippen molar-refractivity contribution in [2.24, 2.45) is 0 Å². The zero-order valence-electron chi connectivity index (χ0n) is 9.41. The first kappa shape index (κ1) is 12.8. The molecule has 0 fully saturated rings. The van der Waals surface area contributed by atoms with Crippen molar-refractivity contribution >= 4 is 27.1 Å². The predicted octanol–water partition coefficient (Wildman–Crippen LogP) is 2.32. The summed E-state index contributed by atoms with van der Waals surface area (Å²) in [6, 6.07) is 4.41. The van der Waals surface area contributed by atoms with Crippen molar-refractivity contribution in [2.75, 3.05) is 0 Å². The number of furan rings is 1. The smallest absolute Gasteiger partial charge is 0.339 e. The monoisotopic (exact) mass is 286 g/mol. The summed E-state index contributed by atoms with van der Waals surface area (Å²) < 4.78 is 29.3. The number of rotatable bonds is 4. The highest BCUT2D eigenvalue weighted by molar-refractivity contribution is 7.92. The Morgan fingerprint density at radius 2 is 2.22 bits per heavy atom. The summed E-state index contributed by atoms with van der Waals surface area (Å²) in [4.78, 5) is 10.8.